The third-order valence-corrected chi connectivity index (χ3v) is 4.88. The Morgan fingerprint density at radius 2 is 1.97 bits per heavy atom. The van der Waals surface area contributed by atoms with Crippen LogP contribution < -0.4 is 15.4 Å². The van der Waals surface area contributed by atoms with Gasteiger partial charge in [0.2, 0.25) is 17.7 Å². The molecule has 9 heteroatoms. The van der Waals surface area contributed by atoms with Gasteiger partial charge < -0.3 is 10.1 Å². The summed E-state index contributed by atoms with van der Waals surface area (Å²) in [5, 5.41) is 4.89. The summed E-state index contributed by atoms with van der Waals surface area (Å²) in [4.78, 5) is 60.9. The van der Waals surface area contributed by atoms with Crippen LogP contribution in [-0.2, 0) is 14.4 Å². The molecule has 29 heavy (non-hydrogen) atoms. The highest BCUT2D eigenvalue weighted by molar-refractivity contribution is 6.24. The van der Waals surface area contributed by atoms with Gasteiger partial charge in [-0.05, 0) is 37.8 Å². The second kappa shape index (κ2) is 8.85. The SMILES string of the molecule is CC(=O)NCCCCCOc1cccc2c1C(=O)N(C1CCC(=O)NC1=O)C2=O. The molecule has 154 valence electrons. The van der Waals surface area contributed by atoms with Crippen molar-refractivity contribution in [1.29, 1.82) is 0 Å². The van der Waals surface area contributed by atoms with Gasteiger partial charge in [0.05, 0.1) is 17.7 Å². The first-order valence-corrected chi connectivity index (χ1v) is 9.62. The summed E-state index contributed by atoms with van der Waals surface area (Å²) < 4.78 is 5.73. The Bertz CT molecular complexity index is 866. The van der Waals surface area contributed by atoms with E-state index < -0.39 is 29.7 Å². The zero-order valence-electron chi connectivity index (χ0n) is 16.2. The van der Waals surface area contributed by atoms with Crippen LogP contribution in [0.25, 0.3) is 0 Å². The number of piperidine rings is 1. The lowest BCUT2D eigenvalue weighted by atomic mass is 10.0. The van der Waals surface area contributed by atoms with Gasteiger partial charge in [-0.1, -0.05) is 6.07 Å². The smallest absolute Gasteiger partial charge is 0.266 e. The monoisotopic (exact) mass is 401 g/mol. The summed E-state index contributed by atoms with van der Waals surface area (Å²) in [6, 6.07) is 3.78. The quantitative estimate of drug-likeness (QED) is 0.490. The zero-order chi connectivity index (χ0) is 21.0. The summed E-state index contributed by atoms with van der Waals surface area (Å²) in [5.41, 5.74) is 0.350. The third kappa shape index (κ3) is 4.44. The fourth-order valence-electron chi connectivity index (χ4n) is 3.45. The molecular formula is C20H23N3O6. The molecule has 0 aliphatic carbocycles. The van der Waals surface area contributed by atoms with Crippen LogP contribution >= 0.6 is 0 Å². The Hall–Kier alpha value is -3.23. The van der Waals surface area contributed by atoms with Gasteiger partial charge in [0.15, 0.2) is 0 Å². The van der Waals surface area contributed by atoms with E-state index in [-0.39, 0.29) is 29.9 Å². The van der Waals surface area contributed by atoms with E-state index in [9.17, 15) is 24.0 Å². The van der Waals surface area contributed by atoms with Crippen LogP contribution in [0.5, 0.6) is 5.75 Å². The van der Waals surface area contributed by atoms with Crippen molar-refractivity contribution in [3.63, 3.8) is 0 Å². The van der Waals surface area contributed by atoms with Crippen LogP contribution in [0, 0.1) is 0 Å². The number of fused-ring (bicyclic) bond motifs is 1. The molecule has 2 heterocycles. The Balaban J connectivity index is 1.63. The molecule has 0 saturated carbocycles. The summed E-state index contributed by atoms with van der Waals surface area (Å²) in [6.45, 7) is 2.43. The Kier molecular flexibility index (Phi) is 6.26. The first-order chi connectivity index (χ1) is 13.9. The molecule has 0 spiro atoms. The fourth-order valence-corrected chi connectivity index (χ4v) is 3.45. The molecule has 3 rings (SSSR count). The molecule has 0 bridgehead atoms. The minimum absolute atomic E-state index is 0.0650. The second-order valence-electron chi connectivity index (χ2n) is 7.02. The van der Waals surface area contributed by atoms with Crippen molar-refractivity contribution in [2.75, 3.05) is 13.2 Å². The van der Waals surface area contributed by atoms with Crippen molar-refractivity contribution < 1.29 is 28.7 Å². The molecule has 1 unspecified atom stereocenters. The average Bonchev–Trinajstić information content (AvgIpc) is 2.92. The maximum Gasteiger partial charge on any atom is 0.266 e. The molecule has 2 aliphatic rings. The van der Waals surface area contributed by atoms with E-state index >= 15 is 0 Å². The third-order valence-electron chi connectivity index (χ3n) is 4.88. The number of nitrogens with zero attached hydrogens (tertiary/aromatic N) is 1. The van der Waals surface area contributed by atoms with Crippen LogP contribution in [0.3, 0.4) is 0 Å². The first-order valence-electron chi connectivity index (χ1n) is 9.62. The molecule has 1 saturated heterocycles. The van der Waals surface area contributed by atoms with Crippen molar-refractivity contribution in [2.45, 2.75) is 45.1 Å². The van der Waals surface area contributed by atoms with Gasteiger partial charge in [-0.15, -0.1) is 0 Å². The van der Waals surface area contributed by atoms with Gasteiger partial charge >= 0.3 is 0 Å². The summed E-state index contributed by atoms with van der Waals surface area (Å²) >= 11 is 0. The molecule has 1 fully saturated rings. The number of carbonyl (C=O) groups is 5. The number of amides is 5. The van der Waals surface area contributed by atoms with Gasteiger partial charge in [-0.25, -0.2) is 0 Å². The molecule has 5 amide bonds. The lowest BCUT2D eigenvalue weighted by Gasteiger charge is -2.27. The number of benzene rings is 1. The van der Waals surface area contributed by atoms with E-state index in [1.54, 1.807) is 12.1 Å². The largest absolute Gasteiger partial charge is 0.493 e. The molecular weight excluding hydrogens is 378 g/mol. The lowest BCUT2D eigenvalue weighted by molar-refractivity contribution is -0.136. The van der Waals surface area contributed by atoms with Gasteiger partial charge in [-0.3, -0.25) is 34.2 Å². The van der Waals surface area contributed by atoms with Crippen LogP contribution in [0.15, 0.2) is 18.2 Å². The number of unbranched alkanes of at least 4 members (excludes halogenated alkanes) is 2. The fraction of sp³-hybridized carbons (Fsp3) is 0.450. The number of rotatable bonds is 8. The molecule has 1 aromatic rings. The van der Waals surface area contributed by atoms with Gasteiger partial charge in [0.25, 0.3) is 11.8 Å². The Morgan fingerprint density at radius 3 is 2.69 bits per heavy atom. The average molecular weight is 401 g/mol. The Morgan fingerprint density at radius 1 is 1.17 bits per heavy atom. The highest BCUT2D eigenvalue weighted by Gasteiger charge is 2.45. The number of imide groups is 2. The molecule has 2 N–H and O–H groups in total. The molecule has 9 nitrogen and oxygen atoms in total. The predicted octanol–water partition coefficient (Wildman–Crippen LogP) is 0.773. The minimum atomic E-state index is -0.998. The van der Waals surface area contributed by atoms with E-state index in [0.717, 1.165) is 24.2 Å². The minimum Gasteiger partial charge on any atom is -0.493 e. The highest BCUT2D eigenvalue weighted by atomic mass is 16.5. The molecule has 1 aromatic carbocycles. The summed E-state index contributed by atoms with van der Waals surface area (Å²) in [7, 11) is 0. The van der Waals surface area contributed by atoms with E-state index in [1.165, 1.54) is 13.0 Å². The maximum atomic E-state index is 12.9. The topological polar surface area (TPSA) is 122 Å². The van der Waals surface area contributed by atoms with E-state index in [0.29, 0.717) is 18.9 Å². The standard InChI is InChI=1S/C20H23N3O6/c1-12(24)21-10-3-2-4-11-29-15-7-5-6-13-17(15)20(28)23(19(13)27)14-8-9-16(25)22-18(14)26/h5-7,14H,2-4,8-11H2,1H3,(H,21,24)(H,22,25,26). The number of hydrogen-bond donors (Lipinski definition) is 2. The first kappa shape index (κ1) is 20.5. The Labute approximate surface area is 167 Å². The van der Waals surface area contributed by atoms with Crippen molar-refractivity contribution in [3.05, 3.63) is 29.3 Å². The van der Waals surface area contributed by atoms with E-state index in [2.05, 4.69) is 10.6 Å². The highest BCUT2D eigenvalue weighted by Crippen LogP contribution is 2.33. The van der Waals surface area contributed by atoms with Crippen molar-refractivity contribution in [2.24, 2.45) is 0 Å². The predicted molar refractivity (Wildman–Crippen MR) is 101 cm³/mol. The van der Waals surface area contributed by atoms with Crippen LogP contribution in [-0.4, -0.2) is 53.6 Å². The molecule has 0 aromatic heterocycles. The second-order valence-corrected chi connectivity index (χ2v) is 7.02. The van der Waals surface area contributed by atoms with Crippen LogP contribution in [0.4, 0.5) is 0 Å². The van der Waals surface area contributed by atoms with Gasteiger partial charge in [-0.2, -0.15) is 0 Å². The number of hydrogen-bond acceptors (Lipinski definition) is 6. The lowest BCUT2D eigenvalue weighted by Crippen LogP contribution is -2.54. The molecule has 0 radical (unpaired) electrons. The van der Waals surface area contributed by atoms with Gasteiger partial charge in [0, 0.05) is 19.9 Å². The molecule has 2 aliphatic heterocycles. The van der Waals surface area contributed by atoms with Crippen molar-refractivity contribution in [1.82, 2.24) is 15.5 Å². The number of ether oxygens (including phenoxy) is 1. The van der Waals surface area contributed by atoms with Crippen molar-refractivity contribution in [3.8, 4) is 5.75 Å². The van der Waals surface area contributed by atoms with Crippen molar-refractivity contribution >= 4 is 29.5 Å². The zero-order valence-corrected chi connectivity index (χ0v) is 16.2. The normalized spacial score (nSPS) is 18.5. The maximum absolute atomic E-state index is 12.9. The molecule has 1 atom stereocenters. The number of nitrogens with one attached hydrogen (secondary N) is 2. The van der Waals surface area contributed by atoms with E-state index in [4.69, 9.17) is 4.74 Å². The van der Waals surface area contributed by atoms with E-state index in [1.807, 2.05) is 0 Å². The number of carbonyl (C=O) groups excluding carboxylic acids is 5. The van der Waals surface area contributed by atoms with Crippen LogP contribution in [0.2, 0.25) is 0 Å². The van der Waals surface area contributed by atoms with Gasteiger partial charge in [0.1, 0.15) is 11.8 Å². The summed E-state index contributed by atoms with van der Waals surface area (Å²) in [6.07, 6.45) is 2.57. The summed E-state index contributed by atoms with van der Waals surface area (Å²) in [5.74, 6) is -1.95. The van der Waals surface area contributed by atoms with Crippen LogP contribution in [0.1, 0.15) is 59.7 Å².